The molecular formula is C20H20Cl2N2O3. The van der Waals surface area contributed by atoms with Crippen molar-refractivity contribution in [2.45, 2.75) is 6.54 Å². The lowest BCUT2D eigenvalue weighted by Gasteiger charge is -2.12. The van der Waals surface area contributed by atoms with E-state index in [-0.39, 0.29) is 12.5 Å². The zero-order valence-electron chi connectivity index (χ0n) is 15.0. The van der Waals surface area contributed by atoms with Crippen molar-refractivity contribution in [3.05, 3.63) is 69.7 Å². The monoisotopic (exact) mass is 406 g/mol. The first kappa shape index (κ1) is 20.8. The van der Waals surface area contributed by atoms with Gasteiger partial charge in [0.15, 0.2) is 6.61 Å². The number of rotatable bonds is 7. The minimum Gasteiger partial charge on any atom is -0.452 e. The third-order valence-electron chi connectivity index (χ3n) is 3.65. The van der Waals surface area contributed by atoms with E-state index in [2.05, 4.69) is 5.32 Å². The zero-order valence-corrected chi connectivity index (χ0v) is 16.6. The van der Waals surface area contributed by atoms with Gasteiger partial charge in [-0.15, -0.1) is 0 Å². The van der Waals surface area contributed by atoms with E-state index >= 15 is 0 Å². The van der Waals surface area contributed by atoms with Gasteiger partial charge in [-0.1, -0.05) is 41.4 Å². The summed E-state index contributed by atoms with van der Waals surface area (Å²) in [7, 11) is 3.92. The van der Waals surface area contributed by atoms with Crippen molar-refractivity contribution in [2.75, 3.05) is 25.6 Å². The Labute approximate surface area is 168 Å². The average molecular weight is 407 g/mol. The van der Waals surface area contributed by atoms with Crippen LogP contribution < -0.4 is 10.2 Å². The highest BCUT2D eigenvalue weighted by molar-refractivity contribution is 6.35. The van der Waals surface area contributed by atoms with Gasteiger partial charge >= 0.3 is 5.97 Å². The van der Waals surface area contributed by atoms with Crippen LogP contribution in [0.25, 0.3) is 6.08 Å². The third-order valence-corrected chi connectivity index (χ3v) is 4.21. The van der Waals surface area contributed by atoms with E-state index in [0.717, 1.165) is 11.3 Å². The van der Waals surface area contributed by atoms with Gasteiger partial charge in [0.05, 0.1) is 0 Å². The van der Waals surface area contributed by atoms with Gasteiger partial charge in [0, 0.05) is 42.4 Å². The molecule has 0 unspecified atom stereocenters. The summed E-state index contributed by atoms with van der Waals surface area (Å²) in [6, 6.07) is 12.7. The van der Waals surface area contributed by atoms with Gasteiger partial charge in [-0.3, -0.25) is 4.79 Å². The summed E-state index contributed by atoms with van der Waals surface area (Å²) in [6.07, 6.45) is 2.72. The van der Waals surface area contributed by atoms with E-state index in [1.807, 2.05) is 43.3 Å². The number of anilines is 1. The number of esters is 1. The van der Waals surface area contributed by atoms with Crippen molar-refractivity contribution in [1.82, 2.24) is 5.32 Å². The maximum atomic E-state index is 11.8. The fourth-order valence-corrected chi connectivity index (χ4v) is 2.61. The standard InChI is InChI=1S/C20H20Cl2N2O3/c1-24(2)17-8-3-14(4-9-17)12-23-19(25)13-27-20(26)10-6-15-5-7-16(21)11-18(15)22/h3-11H,12-13H2,1-2H3,(H,23,25)/b10-6+. The Bertz CT molecular complexity index is 834. The first-order valence-corrected chi connectivity index (χ1v) is 8.93. The Morgan fingerprint density at radius 2 is 1.81 bits per heavy atom. The summed E-state index contributed by atoms with van der Waals surface area (Å²) < 4.78 is 4.91. The Kier molecular flexibility index (Phi) is 7.70. The lowest BCUT2D eigenvalue weighted by molar-refractivity contribution is -0.143. The second-order valence-electron chi connectivity index (χ2n) is 5.94. The molecular weight excluding hydrogens is 387 g/mol. The number of nitrogens with one attached hydrogen (secondary N) is 1. The predicted molar refractivity (Wildman–Crippen MR) is 109 cm³/mol. The van der Waals surface area contributed by atoms with Crippen molar-refractivity contribution in [3.63, 3.8) is 0 Å². The molecule has 0 radical (unpaired) electrons. The maximum Gasteiger partial charge on any atom is 0.331 e. The van der Waals surface area contributed by atoms with E-state index in [1.54, 1.807) is 18.2 Å². The van der Waals surface area contributed by atoms with Gasteiger partial charge in [0.25, 0.3) is 5.91 Å². The lowest BCUT2D eigenvalue weighted by Crippen LogP contribution is -2.28. The Morgan fingerprint density at radius 1 is 1.11 bits per heavy atom. The van der Waals surface area contributed by atoms with Crippen LogP contribution in [0.2, 0.25) is 10.0 Å². The van der Waals surface area contributed by atoms with E-state index < -0.39 is 5.97 Å². The van der Waals surface area contributed by atoms with E-state index in [4.69, 9.17) is 27.9 Å². The van der Waals surface area contributed by atoms with Crippen LogP contribution in [0.3, 0.4) is 0 Å². The smallest absolute Gasteiger partial charge is 0.331 e. The highest BCUT2D eigenvalue weighted by Crippen LogP contribution is 2.21. The SMILES string of the molecule is CN(C)c1ccc(CNC(=O)COC(=O)/C=C/c2ccc(Cl)cc2Cl)cc1. The van der Waals surface area contributed by atoms with Crippen LogP contribution in [-0.2, 0) is 20.9 Å². The van der Waals surface area contributed by atoms with Crippen molar-refractivity contribution in [3.8, 4) is 0 Å². The van der Waals surface area contributed by atoms with E-state index in [9.17, 15) is 9.59 Å². The first-order valence-electron chi connectivity index (χ1n) is 8.18. The average Bonchev–Trinajstić information content (AvgIpc) is 2.64. The fourth-order valence-electron chi connectivity index (χ4n) is 2.14. The maximum absolute atomic E-state index is 11.8. The number of ether oxygens (including phenoxy) is 1. The molecule has 0 heterocycles. The Hall–Kier alpha value is -2.50. The van der Waals surface area contributed by atoms with Gasteiger partial charge in [-0.2, -0.15) is 0 Å². The Morgan fingerprint density at radius 3 is 2.44 bits per heavy atom. The molecule has 0 aliphatic rings. The molecule has 2 aromatic rings. The summed E-state index contributed by atoms with van der Waals surface area (Å²) in [4.78, 5) is 25.5. The van der Waals surface area contributed by atoms with Crippen LogP contribution in [0.4, 0.5) is 5.69 Å². The number of carbonyl (C=O) groups is 2. The number of amides is 1. The van der Waals surface area contributed by atoms with Gasteiger partial charge in [0.2, 0.25) is 0 Å². The lowest BCUT2D eigenvalue weighted by atomic mass is 10.2. The van der Waals surface area contributed by atoms with E-state index in [1.165, 1.54) is 12.2 Å². The molecule has 2 rings (SSSR count). The molecule has 7 heteroatoms. The predicted octanol–water partition coefficient (Wildman–Crippen LogP) is 3.93. The molecule has 1 amide bonds. The molecule has 27 heavy (non-hydrogen) atoms. The molecule has 0 bridgehead atoms. The van der Waals surface area contributed by atoms with Crippen molar-refractivity contribution in [1.29, 1.82) is 0 Å². The zero-order chi connectivity index (χ0) is 19.8. The van der Waals surface area contributed by atoms with Crippen LogP contribution in [0, 0.1) is 0 Å². The van der Waals surface area contributed by atoms with Crippen molar-refractivity contribution in [2.24, 2.45) is 0 Å². The van der Waals surface area contributed by atoms with Gasteiger partial charge in [-0.25, -0.2) is 4.79 Å². The van der Waals surface area contributed by atoms with Crippen molar-refractivity contribution >= 4 is 46.8 Å². The largest absolute Gasteiger partial charge is 0.452 e. The fraction of sp³-hybridized carbons (Fsp3) is 0.200. The minimum atomic E-state index is -0.633. The molecule has 0 fully saturated rings. The molecule has 0 saturated heterocycles. The second-order valence-corrected chi connectivity index (χ2v) is 6.79. The van der Waals surface area contributed by atoms with Gasteiger partial charge in [0.1, 0.15) is 0 Å². The number of carbonyl (C=O) groups excluding carboxylic acids is 2. The molecule has 0 saturated carbocycles. The second kappa shape index (κ2) is 10.00. The Balaban J connectivity index is 1.76. The van der Waals surface area contributed by atoms with Crippen molar-refractivity contribution < 1.29 is 14.3 Å². The topological polar surface area (TPSA) is 58.6 Å². The first-order chi connectivity index (χ1) is 12.8. The summed E-state index contributed by atoms with van der Waals surface area (Å²) in [5, 5.41) is 3.63. The number of hydrogen-bond donors (Lipinski definition) is 1. The molecule has 142 valence electrons. The molecule has 0 aliphatic carbocycles. The number of nitrogens with zero attached hydrogens (tertiary/aromatic N) is 1. The van der Waals surface area contributed by atoms with Crippen LogP contribution in [0.15, 0.2) is 48.5 Å². The number of halogens is 2. The normalized spacial score (nSPS) is 10.7. The molecule has 0 aliphatic heterocycles. The van der Waals surface area contributed by atoms with Gasteiger partial charge in [-0.05, 0) is 41.5 Å². The molecule has 1 N–H and O–H groups in total. The molecule has 2 aromatic carbocycles. The van der Waals surface area contributed by atoms with E-state index in [0.29, 0.717) is 22.2 Å². The van der Waals surface area contributed by atoms with Crippen LogP contribution in [0.5, 0.6) is 0 Å². The summed E-state index contributed by atoms with van der Waals surface area (Å²) >= 11 is 11.8. The summed E-state index contributed by atoms with van der Waals surface area (Å²) in [5.74, 6) is -1.01. The quantitative estimate of drug-likeness (QED) is 0.558. The molecule has 0 spiro atoms. The summed E-state index contributed by atoms with van der Waals surface area (Å²) in [5.41, 5.74) is 2.66. The number of benzene rings is 2. The minimum absolute atomic E-state index is 0.354. The highest BCUT2D eigenvalue weighted by Gasteiger charge is 2.06. The van der Waals surface area contributed by atoms with Crippen LogP contribution >= 0.6 is 23.2 Å². The molecule has 5 nitrogen and oxygen atoms in total. The molecule has 0 atom stereocenters. The van der Waals surface area contributed by atoms with Gasteiger partial charge < -0.3 is 15.0 Å². The van der Waals surface area contributed by atoms with Crippen LogP contribution in [-0.4, -0.2) is 32.6 Å². The highest BCUT2D eigenvalue weighted by atomic mass is 35.5. The molecule has 0 aromatic heterocycles. The van der Waals surface area contributed by atoms with Crippen LogP contribution in [0.1, 0.15) is 11.1 Å². The summed E-state index contributed by atoms with van der Waals surface area (Å²) in [6.45, 7) is 0.00756. The third kappa shape index (κ3) is 6.96. The number of hydrogen-bond acceptors (Lipinski definition) is 4.